The Hall–Kier alpha value is -5.38. The maximum atomic E-state index is 12.7. The number of benzene rings is 2. The Bertz CT molecular complexity index is 2870. The summed E-state index contributed by atoms with van der Waals surface area (Å²) in [5.41, 5.74) is 7.25. The molecule has 392 valence electrons. The van der Waals surface area contributed by atoms with E-state index in [0.29, 0.717) is 69.8 Å². The van der Waals surface area contributed by atoms with E-state index in [-0.39, 0.29) is 59.3 Å². The number of aromatic amines is 1. The second kappa shape index (κ2) is 22.5. The van der Waals surface area contributed by atoms with E-state index in [0.717, 1.165) is 88.2 Å². The van der Waals surface area contributed by atoms with Crippen LogP contribution in [-0.2, 0) is 31.8 Å². The van der Waals surface area contributed by atoms with Gasteiger partial charge in [-0.2, -0.15) is 4.98 Å². The van der Waals surface area contributed by atoms with Crippen LogP contribution in [0.3, 0.4) is 0 Å². The summed E-state index contributed by atoms with van der Waals surface area (Å²) in [5, 5.41) is 19.6. The van der Waals surface area contributed by atoms with Crippen LogP contribution >= 0.6 is 27.3 Å². The third kappa shape index (κ3) is 12.0. The van der Waals surface area contributed by atoms with Crippen LogP contribution in [0.2, 0.25) is 0 Å². The number of fused-ring (bicyclic) bond motifs is 6. The number of thiophene rings is 1. The van der Waals surface area contributed by atoms with Gasteiger partial charge in [0.2, 0.25) is 11.8 Å². The van der Waals surface area contributed by atoms with Crippen LogP contribution in [0.4, 0.5) is 9.59 Å². The fourth-order valence-corrected chi connectivity index (χ4v) is 11.8. The molecule has 2 aromatic carbocycles. The summed E-state index contributed by atoms with van der Waals surface area (Å²) < 4.78 is 37.7. The van der Waals surface area contributed by atoms with E-state index < -0.39 is 7.12 Å². The molecule has 4 unspecified atom stereocenters. The number of nitrogens with zero attached hydrogens (tertiary/aromatic N) is 6. The Morgan fingerprint density at radius 2 is 1.19 bits per heavy atom. The number of H-pyrrole nitrogens is 1. The number of nitrogens with one attached hydrogen (secondary N) is 1. The number of hydrogen-bond acceptors (Lipinski definition) is 15. The van der Waals surface area contributed by atoms with E-state index in [9.17, 15) is 9.59 Å². The lowest BCUT2D eigenvalue weighted by atomic mass is 9.80. The van der Waals surface area contributed by atoms with E-state index in [2.05, 4.69) is 79.0 Å². The third-order valence-corrected chi connectivity index (χ3v) is 16.8. The summed E-state index contributed by atoms with van der Waals surface area (Å²) >= 11 is 5.08. The summed E-state index contributed by atoms with van der Waals surface area (Å²) in [5.74, 6) is 1.49. The number of aromatic nitrogens is 5. The summed E-state index contributed by atoms with van der Waals surface area (Å²) in [6.07, 6.45) is 12.7. The van der Waals surface area contributed by atoms with Crippen molar-refractivity contribution in [1.82, 2.24) is 34.7 Å². The fourth-order valence-electron chi connectivity index (χ4n) is 10.2. The summed E-state index contributed by atoms with van der Waals surface area (Å²) in [7, 11) is -1.35. The maximum Gasteiger partial charge on any atom is 0.488 e. The lowest BCUT2D eigenvalue weighted by Gasteiger charge is -2.46. The monoisotopic (exact) mass is 1090 g/mol. The smallest absolute Gasteiger partial charge is 0.472 e. The van der Waals surface area contributed by atoms with Gasteiger partial charge in [0.15, 0.2) is 0 Å². The van der Waals surface area contributed by atoms with Gasteiger partial charge < -0.3 is 53.3 Å². The molecule has 4 atom stereocenters. The van der Waals surface area contributed by atoms with Gasteiger partial charge in [0.05, 0.1) is 30.9 Å². The average Bonchev–Trinajstić information content (AvgIpc) is 4.19. The van der Waals surface area contributed by atoms with Gasteiger partial charge in [0, 0.05) is 67.0 Å². The van der Waals surface area contributed by atoms with Crippen molar-refractivity contribution in [3.63, 3.8) is 0 Å². The van der Waals surface area contributed by atoms with Crippen molar-refractivity contribution in [3.8, 4) is 22.9 Å². The minimum atomic E-state index is -1.35. The Morgan fingerprint density at radius 1 is 0.716 bits per heavy atom. The number of rotatable bonds is 12. The Labute approximate surface area is 443 Å². The van der Waals surface area contributed by atoms with Gasteiger partial charge in [-0.3, -0.25) is 0 Å². The molecule has 0 radical (unpaired) electrons. The first-order valence-corrected chi connectivity index (χ1v) is 27.6. The molecule has 12 rings (SSSR count). The van der Waals surface area contributed by atoms with Gasteiger partial charge in [0.25, 0.3) is 0 Å². The van der Waals surface area contributed by atoms with Crippen molar-refractivity contribution in [2.24, 2.45) is 23.7 Å². The zero-order chi connectivity index (χ0) is 51.6. The molecule has 3 N–H and O–H groups in total. The number of amides is 2. The van der Waals surface area contributed by atoms with E-state index >= 15 is 0 Å². The first-order valence-electron chi connectivity index (χ1n) is 26.0. The molecule has 20 heteroatoms. The minimum Gasteiger partial charge on any atom is -0.472 e. The molecular formula is C54H65BBrN7O10S. The number of halogens is 1. The molecule has 74 heavy (non-hydrogen) atoms. The topological polar surface area (TPSA) is 204 Å². The Balaban J connectivity index is 0.000000142. The van der Waals surface area contributed by atoms with Gasteiger partial charge in [-0.15, -0.1) is 11.3 Å². The highest BCUT2D eigenvalue weighted by molar-refractivity contribution is 9.10. The number of carbonyl (C=O) groups is 2. The molecule has 4 aliphatic heterocycles. The van der Waals surface area contributed by atoms with Crippen molar-refractivity contribution >= 4 is 73.3 Å². The highest BCUT2D eigenvalue weighted by Crippen LogP contribution is 2.43. The first kappa shape index (κ1) is 52.1. The fraction of sp³-hybridized carbons (Fsp3) is 0.519. The largest absolute Gasteiger partial charge is 0.488 e. The second-order valence-electron chi connectivity index (χ2n) is 21.1. The summed E-state index contributed by atoms with van der Waals surface area (Å²) in [6.45, 7) is 12.8. The van der Waals surface area contributed by atoms with Crippen molar-refractivity contribution in [1.29, 1.82) is 0 Å². The van der Waals surface area contributed by atoms with Crippen LogP contribution in [0.5, 0.6) is 11.8 Å². The van der Waals surface area contributed by atoms with Crippen molar-refractivity contribution in [3.05, 3.63) is 88.4 Å². The molecule has 2 saturated carbocycles. The molecule has 17 nitrogen and oxygen atoms in total. The van der Waals surface area contributed by atoms with E-state index in [4.69, 9.17) is 38.5 Å². The van der Waals surface area contributed by atoms with Crippen molar-refractivity contribution in [2.45, 2.75) is 102 Å². The summed E-state index contributed by atoms with van der Waals surface area (Å²) in [6, 6.07) is 16.0. The Kier molecular flexibility index (Phi) is 15.8. The van der Waals surface area contributed by atoms with Gasteiger partial charge >= 0.3 is 19.3 Å². The van der Waals surface area contributed by atoms with Gasteiger partial charge in [-0.25, -0.2) is 24.5 Å². The number of carbonyl (C=O) groups excluding carboxylic acids is 2. The molecule has 6 fully saturated rings. The zero-order valence-electron chi connectivity index (χ0n) is 42.4. The number of piperidine rings is 2. The lowest BCUT2D eigenvalue weighted by Crippen LogP contribution is -2.59. The van der Waals surface area contributed by atoms with Crippen LogP contribution in [0.15, 0.2) is 77.2 Å². The second-order valence-corrected chi connectivity index (χ2v) is 22.8. The van der Waals surface area contributed by atoms with Crippen LogP contribution in [0.25, 0.3) is 32.4 Å². The highest BCUT2D eigenvalue weighted by Gasteiger charge is 2.49. The molecule has 8 heterocycles. The average molecular weight is 1090 g/mol. The molecule has 2 amide bonds. The maximum absolute atomic E-state index is 12.7. The normalized spacial score (nSPS) is 23.9. The highest BCUT2D eigenvalue weighted by atomic mass is 79.9. The van der Waals surface area contributed by atoms with Gasteiger partial charge in [0.1, 0.15) is 57.3 Å². The first-order chi connectivity index (χ1) is 35.8. The molecule has 4 saturated heterocycles. The standard InChI is InChI=1S/C27H32N4O4.C18H20BrN3O4S.C9H13BO2/c1-3-4-17-5-7-18(8-6-17)21-11-28-23-22(21)29-16-30-25(23)34-24-19-12-31(13-20(24)15-33-14-19)26(32)35-27(2)9-10-27;1-18(2-3-18)26-17(23)22-4-10-6-24-7-11(5-22)14(10)25-16-15-13(20-9-21-16)12(19)8-27-15;1-2-3-8-4-6-9(7-5-8)10(11)12/h5-8,11,16,19-20,24,28H,3-4,9-10,12-15H2,1-2H3;8-11,14H,2-7H2,1H3;4-7,11-12H,2-3H2,1H3. The predicted octanol–water partition coefficient (Wildman–Crippen LogP) is 8.38. The Morgan fingerprint density at radius 3 is 1.68 bits per heavy atom. The van der Waals surface area contributed by atoms with Crippen LogP contribution in [-0.4, -0.2) is 140 Å². The number of likely N-dealkylation sites (tertiary alicyclic amines) is 2. The van der Waals surface area contributed by atoms with Gasteiger partial charge in [-0.05, 0) is 90.5 Å². The van der Waals surface area contributed by atoms with Crippen LogP contribution < -0.4 is 14.9 Å². The van der Waals surface area contributed by atoms with E-state index in [1.165, 1.54) is 17.5 Å². The number of ether oxygens (including phenoxy) is 6. The third-order valence-electron chi connectivity index (χ3n) is 14.9. The molecule has 6 aromatic rings. The zero-order valence-corrected chi connectivity index (χ0v) is 44.8. The summed E-state index contributed by atoms with van der Waals surface area (Å²) in [4.78, 5) is 49.9. The molecule has 2 aliphatic carbocycles. The minimum absolute atomic E-state index is 0.0294. The molecule has 4 bridgehead atoms. The number of aryl methyl sites for hydroxylation is 2. The van der Waals surface area contributed by atoms with Crippen LogP contribution in [0, 0.1) is 23.7 Å². The van der Waals surface area contributed by atoms with Crippen molar-refractivity contribution in [2.75, 3.05) is 52.6 Å². The SMILES string of the molecule is CC1(OC(=O)N2CC3COCC(C2)C3Oc2ncnc3c(Br)csc23)CC1.CCCc1ccc(-c2c[nH]c3c(OC4C5COCC4CN(C(=O)OC4(C)CC4)C5)ncnc23)cc1.CCCc1ccc(B(O)O)cc1. The van der Waals surface area contributed by atoms with E-state index in [1.807, 2.05) is 47.4 Å². The van der Waals surface area contributed by atoms with Crippen LogP contribution in [0.1, 0.15) is 77.3 Å². The van der Waals surface area contributed by atoms with Crippen molar-refractivity contribution < 1.29 is 48.1 Å². The van der Waals surface area contributed by atoms with E-state index in [1.54, 1.807) is 29.8 Å². The molecular weight excluding hydrogens is 1030 g/mol. The number of hydrogen-bond donors (Lipinski definition) is 3. The predicted molar refractivity (Wildman–Crippen MR) is 285 cm³/mol. The van der Waals surface area contributed by atoms with Gasteiger partial charge in [-0.1, -0.05) is 75.2 Å². The lowest BCUT2D eigenvalue weighted by molar-refractivity contribution is -0.111. The molecule has 4 aromatic heterocycles. The molecule has 0 spiro atoms. The molecule has 6 aliphatic rings. The quantitative estimate of drug-likeness (QED) is 0.0986.